The van der Waals surface area contributed by atoms with Gasteiger partial charge >= 0.3 is 0 Å². The van der Waals surface area contributed by atoms with E-state index in [2.05, 4.69) is 6.07 Å². The van der Waals surface area contributed by atoms with Crippen LogP contribution in [0.25, 0.3) is 0 Å². The van der Waals surface area contributed by atoms with E-state index in [1.165, 1.54) is 5.56 Å². The van der Waals surface area contributed by atoms with Crippen LogP contribution < -0.4 is 10.5 Å². The molecule has 1 aliphatic rings. The monoisotopic (exact) mass is 287 g/mol. The zero-order valence-electron chi connectivity index (χ0n) is 11.5. The molecule has 1 unspecified atom stereocenters. The summed E-state index contributed by atoms with van der Waals surface area (Å²) in [5.74, 6) is 0.995. The maximum atomic E-state index is 6.37. The summed E-state index contributed by atoms with van der Waals surface area (Å²) < 4.78 is 5.64. The van der Waals surface area contributed by atoms with Crippen LogP contribution in [0.15, 0.2) is 36.4 Å². The fraction of sp³-hybridized carbons (Fsp3) is 0.294. The van der Waals surface area contributed by atoms with E-state index in [1.54, 1.807) is 0 Å². The van der Waals surface area contributed by atoms with Crippen molar-refractivity contribution in [1.82, 2.24) is 0 Å². The lowest BCUT2D eigenvalue weighted by Gasteiger charge is -2.20. The van der Waals surface area contributed by atoms with Crippen molar-refractivity contribution in [3.05, 3.63) is 63.7 Å². The van der Waals surface area contributed by atoms with Crippen molar-refractivity contribution in [3.8, 4) is 5.75 Å². The van der Waals surface area contributed by atoms with Crippen LogP contribution in [-0.2, 0) is 6.42 Å². The van der Waals surface area contributed by atoms with Crippen LogP contribution in [-0.4, -0.2) is 6.61 Å². The molecule has 0 fully saturated rings. The highest BCUT2D eigenvalue weighted by Gasteiger charge is 2.15. The fourth-order valence-electron chi connectivity index (χ4n) is 2.57. The SMILES string of the molecule is Cc1ccc(C(N)c2ccc3c(c2)CCCO3)cc1Cl. The molecule has 0 saturated heterocycles. The second-order valence-electron chi connectivity index (χ2n) is 5.31. The van der Waals surface area contributed by atoms with Gasteiger partial charge in [0, 0.05) is 5.02 Å². The molecule has 0 amide bonds. The lowest BCUT2D eigenvalue weighted by molar-refractivity contribution is 0.288. The molecule has 104 valence electrons. The molecule has 2 aromatic rings. The molecule has 2 aromatic carbocycles. The van der Waals surface area contributed by atoms with Gasteiger partial charge in [0.15, 0.2) is 0 Å². The molecule has 2 N–H and O–H groups in total. The first-order valence-corrected chi connectivity index (χ1v) is 7.30. The van der Waals surface area contributed by atoms with Gasteiger partial charge in [-0.2, -0.15) is 0 Å². The number of halogens is 1. The second kappa shape index (κ2) is 5.47. The van der Waals surface area contributed by atoms with E-state index in [0.717, 1.165) is 46.9 Å². The summed E-state index contributed by atoms with van der Waals surface area (Å²) >= 11 is 6.19. The van der Waals surface area contributed by atoms with E-state index in [0.29, 0.717) is 0 Å². The van der Waals surface area contributed by atoms with Gasteiger partial charge in [-0.3, -0.25) is 0 Å². The third-order valence-corrected chi connectivity index (χ3v) is 4.25. The standard InChI is InChI=1S/C17H18ClNO/c1-11-4-5-14(10-15(11)18)17(19)13-6-7-16-12(9-13)3-2-8-20-16/h4-7,9-10,17H,2-3,8,19H2,1H3. The third kappa shape index (κ3) is 2.54. The molecule has 1 heterocycles. The summed E-state index contributed by atoms with van der Waals surface area (Å²) in [5.41, 5.74) is 10.8. The highest BCUT2D eigenvalue weighted by Crippen LogP contribution is 2.30. The van der Waals surface area contributed by atoms with Crippen molar-refractivity contribution < 1.29 is 4.74 Å². The van der Waals surface area contributed by atoms with Gasteiger partial charge in [-0.15, -0.1) is 0 Å². The third-order valence-electron chi connectivity index (χ3n) is 3.85. The van der Waals surface area contributed by atoms with Gasteiger partial charge in [0.2, 0.25) is 0 Å². The Balaban J connectivity index is 1.93. The minimum atomic E-state index is -0.152. The molecule has 0 aliphatic carbocycles. The Morgan fingerprint density at radius 1 is 1.15 bits per heavy atom. The van der Waals surface area contributed by atoms with E-state index in [9.17, 15) is 0 Å². The molecule has 1 atom stereocenters. The van der Waals surface area contributed by atoms with Gasteiger partial charge < -0.3 is 10.5 Å². The molecule has 3 heteroatoms. The van der Waals surface area contributed by atoms with Crippen LogP contribution in [0.1, 0.15) is 34.7 Å². The zero-order chi connectivity index (χ0) is 14.1. The minimum Gasteiger partial charge on any atom is -0.493 e. The average Bonchev–Trinajstić information content (AvgIpc) is 2.49. The Labute approximate surface area is 124 Å². The first-order valence-electron chi connectivity index (χ1n) is 6.92. The van der Waals surface area contributed by atoms with Crippen molar-refractivity contribution >= 4 is 11.6 Å². The molecule has 2 nitrogen and oxygen atoms in total. The molecular formula is C17H18ClNO. The maximum Gasteiger partial charge on any atom is 0.122 e. The molecule has 3 rings (SSSR count). The first kappa shape index (κ1) is 13.5. The molecule has 20 heavy (non-hydrogen) atoms. The summed E-state index contributed by atoms with van der Waals surface area (Å²) in [7, 11) is 0. The number of hydrogen-bond acceptors (Lipinski definition) is 2. The quantitative estimate of drug-likeness (QED) is 0.905. The Hall–Kier alpha value is -1.51. The van der Waals surface area contributed by atoms with E-state index >= 15 is 0 Å². The number of fused-ring (bicyclic) bond motifs is 1. The van der Waals surface area contributed by atoms with Crippen molar-refractivity contribution in [1.29, 1.82) is 0 Å². The van der Waals surface area contributed by atoms with E-state index in [4.69, 9.17) is 22.1 Å². The Morgan fingerprint density at radius 3 is 2.70 bits per heavy atom. The Morgan fingerprint density at radius 2 is 1.90 bits per heavy atom. The van der Waals surface area contributed by atoms with Gasteiger partial charge in [0.1, 0.15) is 5.75 Å². The van der Waals surface area contributed by atoms with E-state index in [1.807, 2.05) is 37.3 Å². The lowest BCUT2D eigenvalue weighted by atomic mass is 9.95. The molecule has 1 aliphatic heterocycles. The van der Waals surface area contributed by atoms with Crippen LogP contribution >= 0.6 is 11.6 Å². The first-order chi connectivity index (χ1) is 9.65. The number of aryl methyl sites for hydroxylation is 2. The van der Waals surface area contributed by atoms with Crippen LogP contribution in [0.2, 0.25) is 5.02 Å². The Kier molecular flexibility index (Phi) is 3.68. The molecule has 0 bridgehead atoms. The summed E-state index contributed by atoms with van der Waals surface area (Å²) in [6.07, 6.45) is 2.13. The van der Waals surface area contributed by atoms with Gasteiger partial charge in [0.05, 0.1) is 12.6 Å². The summed E-state index contributed by atoms with van der Waals surface area (Å²) in [6.45, 7) is 2.81. The smallest absolute Gasteiger partial charge is 0.122 e. The number of hydrogen-bond donors (Lipinski definition) is 1. The highest BCUT2D eigenvalue weighted by atomic mass is 35.5. The zero-order valence-corrected chi connectivity index (χ0v) is 12.3. The number of rotatable bonds is 2. The van der Waals surface area contributed by atoms with Crippen molar-refractivity contribution in [3.63, 3.8) is 0 Å². The van der Waals surface area contributed by atoms with Crippen LogP contribution in [0.5, 0.6) is 5.75 Å². The van der Waals surface area contributed by atoms with Crippen molar-refractivity contribution in [2.75, 3.05) is 6.61 Å². The normalized spacial score (nSPS) is 15.3. The predicted molar refractivity (Wildman–Crippen MR) is 82.5 cm³/mol. The number of benzene rings is 2. The highest BCUT2D eigenvalue weighted by molar-refractivity contribution is 6.31. The van der Waals surface area contributed by atoms with E-state index in [-0.39, 0.29) is 6.04 Å². The van der Waals surface area contributed by atoms with E-state index < -0.39 is 0 Å². The summed E-state index contributed by atoms with van der Waals surface area (Å²) in [6, 6.07) is 12.1. The molecule has 0 spiro atoms. The minimum absolute atomic E-state index is 0.152. The molecule has 0 saturated carbocycles. The van der Waals surface area contributed by atoms with Gasteiger partial charge in [-0.05, 0) is 54.2 Å². The van der Waals surface area contributed by atoms with Gasteiger partial charge in [-0.25, -0.2) is 0 Å². The summed E-state index contributed by atoms with van der Waals surface area (Å²) in [4.78, 5) is 0. The summed E-state index contributed by atoms with van der Waals surface area (Å²) in [5, 5.41) is 0.763. The molecule has 0 aromatic heterocycles. The van der Waals surface area contributed by atoms with Crippen LogP contribution in [0, 0.1) is 6.92 Å². The number of ether oxygens (including phenoxy) is 1. The van der Waals surface area contributed by atoms with Crippen LogP contribution in [0.3, 0.4) is 0 Å². The Bertz CT molecular complexity index is 639. The van der Waals surface area contributed by atoms with Gasteiger partial charge in [0.25, 0.3) is 0 Å². The maximum absolute atomic E-state index is 6.37. The second-order valence-corrected chi connectivity index (χ2v) is 5.71. The topological polar surface area (TPSA) is 35.2 Å². The predicted octanol–water partition coefficient (Wildman–Crippen LogP) is 4.02. The molecular weight excluding hydrogens is 270 g/mol. The number of nitrogens with two attached hydrogens (primary N) is 1. The van der Waals surface area contributed by atoms with Crippen LogP contribution in [0.4, 0.5) is 0 Å². The molecule has 0 radical (unpaired) electrons. The van der Waals surface area contributed by atoms with Gasteiger partial charge in [-0.1, -0.05) is 35.9 Å². The van der Waals surface area contributed by atoms with Crippen molar-refractivity contribution in [2.45, 2.75) is 25.8 Å². The van der Waals surface area contributed by atoms with Crippen molar-refractivity contribution in [2.24, 2.45) is 5.73 Å². The lowest BCUT2D eigenvalue weighted by Crippen LogP contribution is -2.14. The fourth-order valence-corrected chi connectivity index (χ4v) is 2.76. The largest absolute Gasteiger partial charge is 0.493 e. The average molecular weight is 288 g/mol.